The van der Waals surface area contributed by atoms with Crippen LogP contribution in [0.3, 0.4) is 0 Å². The summed E-state index contributed by atoms with van der Waals surface area (Å²) in [7, 11) is -1.13. The molecule has 2 saturated heterocycles. The van der Waals surface area contributed by atoms with E-state index in [1.165, 1.54) is 0 Å². The highest BCUT2D eigenvalue weighted by Gasteiger charge is 2.38. The average Bonchev–Trinajstić information content (AvgIpc) is 3.12. The number of amides is 1. The van der Waals surface area contributed by atoms with Crippen molar-refractivity contribution in [2.45, 2.75) is 83.7 Å². The number of ether oxygens (including phenoxy) is 2. The number of aryl methyl sites for hydroxylation is 1. The molecule has 1 aromatic carbocycles. The Morgan fingerprint density at radius 2 is 1.89 bits per heavy atom. The monoisotopic (exact) mass is 535 g/mol. The van der Waals surface area contributed by atoms with E-state index in [0.717, 1.165) is 79.5 Å². The van der Waals surface area contributed by atoms with Crippen LogP contribution < -0.4 is 4.90 Å². The van der Waals surface area contributed by atoms with Gasteiger partial charge in [-0.1, -0.05) is 50.0 Å². The third kappa shape index (κ3) is 6.04. The SMILES string of the molecule is Cc1cc2c(N3CCC4CC3CCCN4C(=O)OCc3ccccc3)ncnc2n1COCC[Si](C)(C)C. The summed E-state index contributed by atoms with van der Waals surface area (Å²) in [5.74, 6) is 1.00. The summed E-state index contributed by atoms with van der Waals surface area (Å²) in [6, 6.07) is 13.8. The zero-order valence-corrected chi connectivity index (χ0v) is 24.2. The first-order valence-electron chi connectivity index (χ1n) is 13.9. The van der Waals surface area contributed by atoms with Gasteiger partial charge in [0.15, 0.2) is 0 Å². The lowest BCUT2D eigenvalue weighted by atomic mass is 9.95. The van der Waals surface area contributed by atoms with Gasteiger partial charge in [-0.2, -0.15) is 0 Å². The van der Waals surface area contributed by atoms with Crippen LogP contribution in [0, 0.1) is 6.92 Å². The van der Waals surface area contributed by atoms with E-state index in [9.17, 15) is 4.79 Å². The van der Waals surface area contributed by atoms with Crippen molar-refractivity contribution >= 4 is 31.0 Å². The number of piperidine rings is 1. The second-order valence-electron chi connectivity index (χ2n) is 11.9. The van der Waals surface area contributed by atoms with Crippen molar-refractivity contribution in [1.82, 2.24) is 19.4 Å². The standard InChI is InChI=1S/C29H41N5O3Si/c1-22-17-26-27(30-20-31-28(26)34(22)21-36-15-16-38(2,3)4)32-14-12-25-18-24(32)11-8-13-33(25)29(35)37-19-23-9-6-5-7-10-23/h5-7,9-10,17,20,24-25H,8,11-16,18-19,21H2,1-4H3. The van der Waals surface area contributed by atoms with Crippen LogP contribution >= 0.6 is 0 Å². The lowest BCUT2D eigenvalue weighted by Gasteiger charge is -2.41. The molecule has 0 spiro atoms. The highest BCUT2D eigenvalue weighted by atomic mass is 28.3. The van der Waals surface area contributed by atoms with E-state index in [1.54, 1.807) is 6.33 Å². The van der Waals surface area contributed by atoms with Gasteiger partial charge in [-0.3, -0.25) is 0 Å². The van der Waals surface area contributed by atoms with Crippen molar-refractivity contribution in [3.8, 4) is 0 Å². The minimum absolute atomic E-state index is 0.195. The number of anilines is 1. The van der Waals surface area contributed by atoms with Crippen molar-refractivity contribution in [2.75, 3.05) is 24.6 Å². The molecule has 8 nitrogen and oxygen atoms in total. The molecule has 0 N–H and O–H groups in total. The summed E-state index contributed by atoms with van der Waals surface area (Å²) < 4.78 is 13.9. The number of likely N-dealkylation sites (tertiary alicyclic amines) is 1. The molecule has 38 heavy (non-hydrogen) atoms. The average molecular weight is 536 g/mol. The Morgan fingerprint density at radius 3 is 2.68 bits per heavy atom. The maximum atomic E-state index is 13.0. The van der Waals surface area contributed by atoms with Gasteiger partial charge in [0.25, 0.3) is 0 Å². The molecule has 2 bridgehead atoms. The Hall–Kier alpha value is -2.91. The number of rotatable bonds is 8. The lowest BCUT2D eigenvalue weighted by molar-refractivity contribution is 0.0772. The third-order valence-corrected chi connectivity index (χ3v) is 9.57. The number of aromatic nitrogens is 3. The van der Waals surface area contributed by atoms with Crippen LogP contribution in [0.1, 0.15) is 36.9 Å². The molecule has 2 atom stereocenters. The van der Waals surface area contributed by atoms with Crippen molar-refractivity contribution < 1.29 is 14.3 Å². The van der Waals surface area contributed by atoms with Gasteiger partial charge in [0, 0.05) is 45.5 Å². The predicted octanol–water partition coefficient (Wildman–Crippen LogP) is 5.82. The molecular formula is C29H41N5O3Si. The van der Waals surface area contributed by atoms with Gasteiger partial charge in [0.1, 0.15) is 31.1 Å². The largest absolute Gasteiger partial charge is 0.445 e. The van der Waals surface area contributed by atoms with Crippen molar-refractivity contribution in [3.05, 3.63) is 54.0 Å². The van der Waals surface area contributed by atoms with Gasteiger partial charge in [-0.15, -0.1) is 0 Å². The minimum Gasteiger partial charge on any atom is -0.445 e. The molecule has 204 valence electrons. The van der Waals surface area contributed by atoms with E-state index in [1.807, 2.05) is 35.2 Å². The molecule has 2 fully saturated rings. The summed E-state index contributed by atoms with van der Waals surface area (Å²) in [5, 5.41) is 1.08. The molecule has 2 aliphatic rings. The van der Waals surface area contributed by atoms with Crippen LogP contribution in [-0.4, -0.2) is 65.4 Å². The van der Waals surface area contributed by atoms with Gasteiger partial charge < -0.3 is 23.8 Å². The van der Waals surface area contributed by atoms with E-state index in [-0.39, 0.29) is 12.1 Å². The van der Waals surface area contributed by atoms with Gasteiger partial charge >= 0.3 is 6.09 Å². The second-order valence-corrected chi connectivity index (χ2v) is 17.5. The number of hydrogen-bond donors (Lipinski definition) is 0. The molecule has 0 saturated carbocycles. The molecule has 2 aromatic heterocycles. The number of hydrogen-bond acceptors (Lipinski definition) is 6. The molecule has 2 aliphatic heterocycles. The maximum absolute atomic E-state index is 13.0. The summed E-state index contributed by atoms with van der Waals surface area (Å²) in [6.45, 7) is 12.4. The molecule has 5 rings (SSSR count). The fourth-order valence-electron chi connectivity index (χ4n) is 5.69. The Labute approximate surface area is 227 Å². The van der Waals surface area contributed by atoms with Crippen LogP contribution in [0.5, 0.6) is 0 Å². The van der Waals surface area contributed by atoms with Crippen LogP contribution in [0.15, 0.2) is 42.7 Å². The van der Waals surface area contributed by atoms with E-state index in [2.05, 4.69) is 47.1 Å². The maximum Gasteiger partial charge on any atom is 0.410 e. The minimum atomic E-state index is -1.13. The predicted molar refractivity (Wildman–Crippen MR) is 153 cm³/mol. The normalized spacial score (nSPS) is 20.0. The third-order valence-electron chi connectivity index (χ3n) is 7.87. The number of nitrogens with zero attached hydrogens (tertiary/aromatic N) is 5. The smallest absolute Gasteiger partial charge is 0.410 e. The van der Waals surface area contributed by atoms with E-state index in [4.69, 9.17) is 14.5 Å². The molecule has 9 heteroatoms. The second kappa shape index (κ2) is 11.5. The molecule has 1 amide bonds. The zero-order chi connectivity index (χ0) is 26.7. The van der Waals surface area contributed by atoms with Crippen molar-refractivity contribution in [2.24, 2.45) is 0 Å². The highest BCUT2D eigenvalue weighted by molar-refractivity contribution is 6.76. The Kier molecular flexibility index (Phi) is 8.04. The van der Waals surface area contributed by atoms with Gasteiger partial charge in [0.2, 0.25) is 0 Å². The van der Waals surface area contributed by atoms with Crippen LogP contribution in [-0.2, 0) is 22.8 Å². The zero-order valence-electron chi connectivity index (χ0n) is 23.2. The van der Waals surface area contributed by atoms with Crippen LogP contribution in [0.25, 0.3) is 11.0 Å². The number of fused-ring (bicyclic) bond motifs is 3. The number of carbonyl (C=O) groups excluding carboxylic acids is 1. The first-order valence-corrected chi connectivity index (χ1v) is 17.6. The van der Waals surface area contributed by atoms with Crippen LogP contribution in [0.2, 0.25) is 25.7 Å². The molecule has 2 unspecified atom stereocenters. The Bertz CT molecular complexity index is 1240. The Balaban J connectivity index is 1.26. The first-order chi connectivity index (χ1) is 18.3. The van der Waals surface area contributed by atoms with Gasteiger partial charge in [0.05, 0.1) is 5.39 Å². The fraction of sp³-hybridized carbons (Fsp3) is 0.552. The molecule has 3 aromatic rings. The van der Waals surface area contributed by atoms with Crippen molar-refractivity contribution in [3.63, 3.8) is 0 Å². The fourth-order valence-corrected chi connectivity index (χ4v) is 6.45. The Morgan fingerprint density at radius 1 is 1.08 bits per heavy atom. The number of benzene rings is 1. The first kappa shape index (κ1) is 26.7. The van der Waals surface area contributed by atoms with E-state index >= 15 is 0 Å². The van der Waals surface area contributed by atoms with Gasteiger partial charge in [-0.25, -0.2) is 14.8 Å². The molecular weight excluding hydrogens is 494 g/mol. The van der Waals surface area contributed by atoms with E-state index in [0.29, 0.717) is 19.4 Å². The molecule has 0 aliphatic carbocycles. The van der Waals surface area contributed by atoms with Gasteiger partial charge in [-0.05, 0) is 50.3 Å². The summed E-state index contributed by atoms with van der Waals surface area (Å²) in [6.07, 6.45) is 5.32. The summed E-state index contributed by atoms with van der Waals surface area (Å²) in [4.78, 5) is 26.8. The van der Waals surface area contributed by atoms with E-state index < -0.39 is 8.07 Å². The molecule has 0 radical (unpaired) electrons. The summed E-state index contributed by atoms with van der Waals surface area (Å²) >= 11 is 0. The lowest BCUT2D eigenvalue weighted by Crippen LogP contribution is -2.50. The van der Waals surface area contributed by atoms with Crippen molar-refractivity contribution in [1.29, 1.82) is 0 Å². The topological polar surface area (TPSA) is 72.7 Å². The number of carbonyl (C=O) groups is 1. The van der Waals surface area contributed by atoms with Crippen LogP contribution in [0.4, 0.5) is 10.6 Å². The quantitative estimate of drug-likeness (QED) is 0.267. The highest BCUT2D eigenvalue weighted by Crippen LogP contribution is 2.35. The summed E-state index contributed by atoms with van der Waals surface area (Å²) in [5.41, 5.74) is 3.08. The molecule has 4 heterocycles.